The second-order valence-corrected chi connectivity index (χ2v) is 5.34. The van der Waals surface area contributed by atoms with Crippen LogP contribution < -0.4 is 5.32 Å². The summed E-state index contributed by atoms with van der Waals surface area (Å²) >= 11 is 7.61. The van der Waals surface area contributed by atoms with Crippen molar-refractivity contribution in [2.75, 3.05) is 5.32 Å². The molecule has 0 fully saturated rings. The zero-order valence-electron chi connectivity index (χ0n) is 9.76. The third-order valence-corrected chi connectivity index (χ3v) is 3.93. The quantitative estimate of drug-likeness (QED) is 0.768. The molecule has 3 aromatic rings. The van der Waals surface area contributed by atoms with Crippen LogP contribution in [0.25, 0.3) is 10.1 Å². The third kappa shape index (κ3) is 2.45. The Kier molecular flexibility index (Phi) is 3.19. The minimum Gasteiger partial charge on any atom is -0.322 e. The minimum absolute atomic E-state index is 0.234. The van der Waals surface area contributed by atoms with Crippen molar-refractivity contribution in [1.82, 2.24) is 4.98 Å². The molecule has 19 heavy (non-hydrogen) atoms. The van der Waals surface area contributed by atoms with E-state index in [1.807, 2.05) is 29.6 Å². The maximum atomic E-state index is 12.1. The second-order valence-electron chi connectivity index (χ2n) is 3.98. The number of amides is 1. The number of hydrogen-bond acceptors (Lipinski definition) is 3. The van der Waals surface area contributed by atoms with Gasteiger partial charge < -0.3 is 5.32 Å². The summed E-state index contributed by atoms with van der Waals surface area (Å²) in [7, 11) is 0. The molecule has 0 saturated carbocycles. The molecule has 94 valence electrons. The van der Waals surface area contributed by atoms with Crippen LogP contribution in [-0.4, -0.2) is 10.9 Å². The van der Waals surface area contributed by atoms with E-state index in [1.165, 1.54) is 10.9 Å². The van der Waals surface area contributed by atoms with E-state index < -0.39 is 0 Å². The Morgan fingerprint density at radius 3 is 3.00 bits per heavy atom. The molecule has 3 nitrogen and oxygen atoms in total. The van der Waals surface area contributed by atoms with E-state index >= 15 is 0 Å². The molecule has 0 saturated heterocycles. The number of carbonyl (C=O) groups excluding carboxylic acids is 1. The van der Waals surface area contributed by atoms with Gasteiger partial charge in [-0.1, -0.05) is 11.6 Å². The molecular weight excluding hydrogens is 280 g/mol. The number of nitrogens with one attached hydrogen (secondary N) is 1. The van der Waals surface area contributed by atoms with Crippen LogP contribution in [0, 0.1) is 0 Å². The highest BCUT2D eigenvalue weighted by atomic mass is 35.5. The van der Waals surface area contributed by atoms with Crippen molar-refractivity contribution in [3.63, 3.8) is 0 Å². The normalized spacial score (nSPS) is 10.6. The molecule has 1 aromatic carbocycles. The molecule has 0 unspecified atom stereocenters. The fourth-order valence-electron chi connectivity index (χ4n) is 1.80. The summed E-state index contributed by atoms with van der Waals surface area (Å²) in [6.07, 6.45) is 3.00. The van der Waals surface area contributed by atoms with E-state index in [4.69, 9.17) is 11.6 Å². The lowest BCUT2D eigenvalue weighted by Gasteiger charge is -2.06. The molecule has 3 rings (SSSR count). The van der Waals surface area contributed by atoms with E-state index in [2.05, 4.69) is 10.3 Å². The molecule has 0 radical (unpaired) electrons. The van der Waals surface area contributed by atoms with E-state index in [-0.39, 0.29) is 5.91 Å². The van der Waals surface area contributed by atoms with Crippen LogP contribution in [0.15, 0.2) is 48.1 Å². The van der Waals surface area contributed by atoms with Crippen LogP contribution in [0.1, 0.15) is 10.4 Å². The molecule has 0 aliphatic carbocycles. The summed E-state index contributed by atoms with van der Waals surface area (Å²) in [5.41, 5.74) is 1.17. The number of carbonyl (C=O) groups is 1. The molecule has 2 aromatic heterocycles. The standard InChI is InChI=1S/C14H9ClN2OS/c15-12-8-16-5-3-11(12)14(18)17-10-1-2-13-9(7-10)4-6-19-13/h1-8H,(H,17,18). The summed E-state index contributed by atoms with van der Waals surface area (Å²) in [4.78, 5) is 15.9. The van der Waals surface area contributed by atoms with E-state index in [9.17, 15) is 4.79 Å². The van der Waals surface area contributed by atoms with Crippen molar-refractivity contribution >= 4 is 44.6 Å². The van der Waals surface area contributed by atoms with E-state index in [0.29, 0.717) is 10.6 Å². The van der Waals surface area contributed by atoms with Crippen LogP contribution in [0.2, 0.25) is 5.02 Å². The molecule has 1 N–H and O–H groups in total. The molecule has 0 bridgehead atoms. The summed E-state index contributed by atoms with van der Waals surface area (Å²) in [5, 5.41) is 6.32. The van der Waals surface area contributed by atoms with Gasteiger partial charge in [0.2, 0.25) is 0 Å². The van der Waals surface area contributed by atoms with Gasteiger partial charge in [0.25, 0.3) is 5.91 Å². The molecule has 0 aliphatic heterocycles. The molecule has 0 spiro atoms. The number of hydrogen-bond donors (Lipinski definition) is 1. The second kappa shape index (κ2) is 4.99. The zero-order valence-corrected chi connectivity index (χ0v) is 11.3. The minimum atomic E-state index is -0.234. The highest BCUT2D eigenvalue weighted by Gasteiger charge is 2.10. The Balaban J connectivity index is 1.88. The molecule has 2 heterocycles. The number of pyridine rings is 1. The molecule has 1 amide bonds. The van der Waals surface area contributed by atoms with Gasteiger partial charge in [-0.25, -0.2) is 0 Å². The largest absolute Gasteiger partial charge is 0.322 e. The lowest BCUT2D eigenvalue weighted by atomic mass is 10.2. The SMILES string of the molecule is O=C(Nc1ccc2sccc2c1)c1ccncc1Cl. The van der Waals surface area contributed by atoms with Crippen molar-refractivity contribution in [2.24, 2.45) is 0 Å². The predicted molar refractivity (Wildman–Crippen MR) is 79.0 cm³/mol. The average molecular weight is 289 g/mol. The van der Waals surface area contributed by atoms with Crippen molar-refractivity contribution in [2.45, 2.75) is 0 Å². The van der Waals surface area contributed by atoms with Crippen LogP contribution in [0.4, 0.5) is 5.69 Å². The smallest absolute Gasteiger partial charge is 0.257 e. The third-order valence-electron chi connectivity index (χ3n) is 2.73. The first-order chi connectivity index (χ1) is 9.24. The number of thiophene rings is 1. The number of anilines is 1. The Labute approximate surface area is 118 Å². The van der Waals surface area contributed by atoms with Crippen LogP contribution in [0.5, 0.6) is 0 Å². The number of rotatable bonds is 2. The Hall–Kier alpha value is -1.91. The van der Waals surface area contributed by atoms with E-state index in [0.717, 1.165) is 11.1 Å². The summed E-state index contributed by atoms with van der Waals surface area (Å²) in [5.74, 6) is -0.234. The van der Waals surface area contributed by atoms with Crippen LogP contribution in [-0.2, 0) is 0 Å². The first-order valence-corrected chi connectivity index (χ1v) is 6.88. The summed E-state index contributed by atoms with van der Waals surface area (Å²) < 4.78 is 1.19. The molecule has 0 aliphatic rings. The zero-order chi connectivity index (χ0) is 13.2. The van der Waals surface area contributed by atoms with Crippen molar-refractivity contribution in [1.29, 1.82) is 0 Å². The molecule has 0 atom stereocenters. The number of aromatic nitrogens is 1. The fourth-order valence-corrected chi connectivity index (χ4v) is 2.78. The Morgan fingerprint density at radius 2 is 2.16 bits per heavy atom. The lowest BCUT2D eigenvalue weighted by molar-refractivity contribution is 0.102. The van der Waals surface area contributed by atoms with Crippen molar-refractivity contribution in [3.8, 4) is 0 Å². The van der Waals surface area contributed by atoms with Gasteiger partial charge in [-0.15, -0.1) is 11.3 Å². The number of nitrogens with zero attached hydrogens (tertiary/aromatic N) is 1. The first kappa shape index (κ1) is 12.1. The lowest BCUT2D eigenvalue weighted by Crippen LogP contribution is -2.12. The maximum absolute atomic E-state index is 12.1. The monoisotopic (exact) mass is 288 g/mol. The van der Waals surface area contributed by atoms with Gasteiger partial charge in [-0.3, -0.25) is 9.78 Å². The maximum Gasteiger partial charge on any atom is 0.257 e. The Morgan fingerprint density at radius 1 is 1.26 bits per heavy atom. The average Bonchev–Trinajstić information content (AvgIpc) is 2.86. The highest BCUT2D eigenvalue weighted by molar-refractivity contribution is 7.17. The van der Waals surface area contributed by atoms with Gasteiger partial charge in [0.15, 0.2) is 0 Å². The highest BCUT2D eigenvalue weighted by Crippen LogP contribution is 2.24. The van der Waals surface area contributed by atoms with Gasteiger partial charge in [0.1, 0.15) is 0 Å². The van der Waals surface area contributed by atoms with Crippen molar-refractivity contribution < 1.29 is 4.79 Å². The predicted octanol–water partition coefficient (Wildman–Crippen LogP) is 4.20. The van der Waals surface area contributed by atoms with Crippen molar-refractivity contribution in [3.05, 3.63) is 58.7 Å². The van der Waals surface area contributed by atoms with Gasteiger partial charge in [-0.05, 0) is 41.1 Å². The van der Waals surface area contributed by atoms with Crippen LogP contribution >= 0.6 is 22.9 Å². The van der Waals surface area contributed by atoms with Crippen LogP contribution in [0.3, 0.4) is 0 Å². The molecule has 5 heteroatoms. The fraction of sp³-hybridized carbons (Fsp3) is 0. The first-order valence-electron chi connectivity index (χ1n) is 5.62. The van der Waals surface area contributed by atoms with Gasteiger partial charge in [-0.2, -0.15) is 0 Å². The van der Waals surface area contributed by atoms with Gasteiger partial charge in [0, 0.05) is 22.8 Å². The summed E-state index contributed by atoms with van der Waals surface area (Å²) in [6.45, 7) is 0. The van der Waals surface area contributed by atoms with E-state index in [1.54, 1.807) is 23.6 Å². The number of benzene rings is 1. The number of halogens is 1. The topological polar surface area (TPSA) is 42.0 Å². The van der Waals surface area contributed by atoms with Gasteiger partial charge in [0.05, 0.1) is 10.6 Å². The van der Waals surface area contributed by atoms with Gasteiger partial charge >= 0.3 is 0 Å². The number of fused-ring (bicyclic) bond motifs is 1. The molecular formula is C14H9ClN2OS. The summed E-state index contributed by atoms with van der Waals surface area (Å²) in [6, 6.07) is 9.43. The Bertz CT molecular complexity index is 754.